The van der Waals surface area contributed by atoms with Crippen LogP contribution in [0.3, 0.4) is 0 Å². The maximum atomic E-state index is 11.8. The van der Waals surface area contributed by atoms with E-state index >= 15 is 0 Å². The number of carbonyl (C=O) groups is 1. The summed E-state index contributed by atoms with van der Waals surface area (Å²) < 4.78 is 10.3. The highest BCUT2D eigenvalue weighted by molar-refractivity contribution is 5.81. The van der Waals surface area contributed by atoms with Gasteiger partial charge in [-0.05, 0) is 12.1 Å². The smallest absolute Gasteiger partial charge is 0.246 e. The van der Waals surface area contributed by atoms with Gasteiger partial charge in [0, 0.05) is 11.0 Å². The zero-order valence-electron chi connectivity index (χ0n) is 12.6. The highest BCUT2D eigenvalue weighted by atomic mass is 16.5. The third-order valence-electron chi connectivity index (χ3n) is 2.88. The van der Waals surface area contributed by atoms with Gasteiger partial charge >= 0.3 is 0 Å². The standard InChI is InChI=1S/C15H19N3O3/c1-15(2,3)14(19)16-9-12-17-13(18-21-12)10-6-5-7-11(8-10)20-4/h5-8H,9H2,1-4H3,(H,16,19). The van der Waals surface area contributed by atoms with Crippen molar-refractivity contribution in [3.8, 4) is 17.1 Å². The number of hydrogen-bond acceptors (Lipinski definition) is 5. The maximum absolute atomic E-state index is 11.8. The van der Waals surface area contributed by atoms with Crippen molar-refractivity contribution in [3.63, 3.8) is 0 Å². The molecule has 0 atom stereocenters. The largest absolute Gasteiger partial charge is 0.497 e. The Labute approximate surface area is 123 Å². The molecule has 0 aliphatic carbocycles. The summed E-state index contributed by atoms with van der Waals surface area (Å²) in [4.78, 5) is 16.0. The number of nitrogens with one attached hydrogen (secondary N) is 1. The second-order valence-electron chi connectivity index (χ2n) is 5.68. The van der Waals surface area contributed by atoms with Crippen LogP contribution in [0.25, 0.3) is 11.4 Å². The van der Waals surface area contributed by atoms with E-state index in [0.717, 1.165) is 11.3 Å². The van der Waals surface area contributed by atoms with Crippen molar-refractivity contribution in [2.45, 2.75) is 27.3 Å². The summed E-state index contributed by atoms with van der Waals surface area (Å²) in [7, 11) is 1.60. The molecule has 0 saturated carbocycles. The van der Waals surface area contributed by atoms with E-state index in [1.165, 1.54) is 0 Å². The number of aromatic nitrogens is 2. The SMILES string of the molecule is COc1cccc(-c2noc(CNC(=O)C(C)(C)C)n2)c1. The lowest BCUT2D eigenvalue weighted by atomic mass is 9.96. The van der Waals surface area contributed by atoms with E-state index in [0.29, 0.717) is 11.7 Å². The third kappa shape index (κ3) is 3.81. The number of benzene rings is 1. The van der Waals surface area contributed by atoms with Crippen LogP contribution in [0.4, 0.5) is 0 Å². The van der Waals surface area contributed by atoms with Gasteiger partial charge in [-0.15, -0.1) is 0 Å². The molecule has 0 aliphatic rings. The highest BCUT2D eigenvalue weighted by Gasteiger charge is 2.21. The van der Waals surface area contributed by atoms with E-state index in [2.05, 4.69) is 15.5 Å². The molecule has 0 spiro atoms. The van der Waals surface area contributed by atoms with Crippen LogP contribution in [0.2, 0.25) is 0 Å². The predicted molar refractivity (Wildman–Crippen MR) is 77.6 cm³/mol. The van der Waals surface area contributed by atoms with Gasteiger partial charge in [0.2, 0.25) is 17.6 Å². The van der Waals surface area contributed by atoms with Crippen molar-refractivity contribution in [2.24, 2.45) is 5.41 Å². The molecule has 0 saturated heterocycles. The fourth-order valence-corrected chi connectivity index (χ4v) is 1.63. The van der Waals surface area contributed by atoms with Crippen molar-refractivity contribution in [2.75, 3.05) is 7.11 Å². The number of hydrogen-bond donors (Lipinski definition) is 1. The van der Waals surface area contributed by atoms with E-state index in [4.69, 9.17) is 9.26 Å². The Hall–Kier alpha value is -2.37. The Kier molecular flexibility index (Phi) is 4.26. The topological polar surface area (TPSA) is 77.3 Å². The van der Waals surface area contributed by atoms with Crippen LogP contribution >= 0.6 is 0 Å². The minimum absolute atomic E-state index is 0.0661. The summed E-state index contributed by atoms with van der Waals surface area (Å²) in [5.74, 6) is 1.49. The van der Waals surface area contributed by atoms with E-state index in [1.54, 1.807) is 7.11 Å². The lowest BCUT2D eigenvalue weighted by molar-refractivity contribution is -0.128. The lowest BCUT2D eigenvalue weighted by Gasteiger charge is -2.16. The molecular formula is C15H19N3O3. The number of amides is 1. The molecule has 2 rings (SSSR count). The summed E-state index contributed by atoms with van der Waals surface area (Å²) >= 11 is 0. The number of methoxy groups -OCH3 is 1. The molecule has 0 unspecified atom stereocenters. The Balaban J connectivity index is 2.06. The Morgan fingerprint density at radius 3 is 2.81 bits per heavy atom. The molecule has 1 aromatic heterocycles. The third-order valence-corrected chi connectivity index (χ3v) is 2.88. The summed E-state index contributed by atoms with van der Waals surface area (Å²) in [5, 5.41) is 6.68. The molecule has 6 heteroatoms. The molecule has 112 valence electrons. The van der Waals surface area contributed by atoms with Crippen LogP contribution in [-0.4, -0.2) is 23.2 Å². The fourth-order valence-electron chi connectivity index (χ4n) is 1.63. The number of nitrogens with zero attached hydrogens (tertiary/aromatic N) is 2. The highest BCUT2D eigenvalue weighted by Crippen LogP contribution is 2.21. The van der Waals surface area contributed by atoms with Crippen LogP contribution in [0.1, 0.15) is 26.7 Å². The number of rotatable bonds is 4. The first-order valence-electron chi connectivity index (χ1n) is 6.65. The van der Waals surface area contributed by atoms with Crippen molar-refractivity contribution >= 4 is 5.91 Å². The Morgan fingerprint density at radius 1 is 1.38 bits per heavy atom. The van der Waals surface area contributed by atoms with E-state index in [1.807, 2.05) is 45.0 Å². The summed E-state index contributed by atoms with van der Waals surface area (Å²) in [6.07, 6.45) is 0. The molecule has 21 heavy (non-hydrogen) atoms. The first kappa shape index (κ1) is 15.0. The first-order valence-corrected chi connectivity index (χ1v) is 6.65. The van der Waals surface area contributed by atoms with Gasteiger partial charge in [-0.2, -0.15) is 4.98 Å². The quantitative estimate of drug-likeness (QED) is 0.935. The molecule has 2 aromatic rings. The van der Waals surface area contributed by atoms with Gasteiger partial charge in [-0.25, -0.2) is 0 Å². The molecule has 6 nitrogen and oxygen atoms in total. The molecule has 0 aliphatic heterocycles. The Bertz CT molecular complexity index is 629. The van der Waals surface area contributed by atoms with Crippen molar-refractivity contribution in [1.82, 2.24) is 15.5 Å². The van der Waals surface area contributed by atoms with E-state index in [-0.39, 0.29) is 12.5 Å². The average molecular weight is 289 g/mol. The fraction of sp³-hybridized carbons (Fsp3) is 0.400. The van der Waals surface area contributed by atoms with Gasteiger partial charge in [0.1, 0.15) is 5.75 Å². The lowest BCUT2D eigenvalue weighted by Crippen LogP contribution is -2.34. The first-order chi connectivity index (χ1) is 9.90. The minimum Gasteiger partial charge on any atom is -0.497 e. The van der Waals surface area contributed by atoms with Gasteiger partial charge in [0.25, 0.3) is 0 Å². The maximum Gasteiger partial charge on any atom is 0.246 e. The zero-order valence-corrected chi connectivity index (χ0v) is 12.6. The molecular weight excluding hydrogens is 270 g/mol. The average Bonchev–Trinajstić information content (AvgIpc) is 2.92. The van der Waals surface area contributed by atoms with Gasteiger partial charge < -0.3 is 14.6 Å². The predicted octanol–water partition coefficient (Wildman–Crippen LogP) is 2.41. The van der Waals surface area contributed by atoms with Crippen LogP contribution in [0.5, 0.6) is 5.75 Å². The molecule has 1 amide bonds. The summed E-state index contributed by atoms with van der Waals surface area (Å²) in [6.45, 7) is 5.75. The van der Waals surface area contributed by atoms with Gasteiger partial charge in [-0.3, -0.25) is 4.79 Å². The molecule has 0 radical (unpaired) electrons. The number of ether oxygens (including phenoxy) is 1. The minimum atomic E-state index is -0.449. The van der Waals surface area contributed by atoms with Crippen LogP contribution in [0, 0.1) is 5.41 Å². The molecule has 0 bridgehead atoms. The van der Waals surface area contributed by atoms with E-state index < -0.39 is 5.41 Å². The van der Waals surface area contributed by atoms with Crippen molar-refractivity contribution in [3.05, 3.63) is 30.2 Å². The van der Waals surface area contributed by atoms with Crippen molar-refractivity contribution in [1.29, 1.82) is 0 Å². The second-order valence-corrected chi connectivity index (χ2v) is 5.68. The van der Waals surface area contributed by atoms with Gasteiger partial charge in [-0.1, -0.05) is 38.1 Å². The van der Waals surface area contributed by atoms with Gasteiger partial charge in [0.15, 0.2) is 0 Å². The molecule has 1 aromatic carbocycles. The van der Waals surface area contributed by atoms with Crippen LogP contribution < -0.4 is 10.1 Å². The normalized spacial score (nSPS) is 11.2. The monoisotopic (exact) mass is 289 g/mol. The second kappa shape index (κ2) is 5.95. The van der Waals surface area contributed by atoms with Crippen molar-refractivity contribution < 1.29 is 14.1 Å². The zero-order chi connectivity index (χ0) is 15.5. The summed E-state index contributed by atoms with van der Waals surface area (Å²) in [5.41, 5.74) is 0.349. The van der Waals surface area contributed by atoms with Gasteiger partial charge in [0.05, 0.1) is 13.7 Å². The van der Waals surface area contributed by atoms with Crippen LogP contribution in [0.15, 0.2) is 28.8 Å². The van der Waals surface area contributed by atoms with Crippen LogP contribution in [-0.2, 0) is 11.3 Å². The number of carbonyl (C=O) groups excluding carboxylic acids is 1. The van der Waals surface area contributed by atoms with E-state index in [9.17, 15) is 4.79 Å². The Morgan fingerprint density at radius 2 is 2.14 bits per heavy atom. The molecule has 1 heterocycles. The molecule has 1 N–H and O–H groups in total. The summed E-state index contributed by atoms with van der Waals surface area (Å²) in [6, 6.07) is 7.38. The molecule has 0 fully saturated rings.